The van der Waals surface area contributed by atoms with Crippen LogP contribution in [-0.2, 0) is 10.2 Å². The van der Waals surface area contributed by atoms with Crippen molar-refractivity contribution in [1.29, 1.82) is 0 Å². The second-order valence-electron chi connectivity index (χ2n) is 7.21. The second-order valence-corrected chi connectivity index (χ2v) is 8.83. The van der Waals surface area contributed by atoms with E-state index >= 15 is 0 Å². The fraction of sp³-hybridized carbons (Fsp3) is 0.364. The minimum atomic E-state index is -0.912. The highest BCUT2D eigenvalue weighted by Gasteiger charge is 2.44. The number of rotatable bonds is 5. The molecule has 1 aliphatic rings. The highest BCUT2D eigenvalue weighted by Crippen LogP contribution is 2.37. The number of amides is 1. The quantitative estimate of drug-likeness (QED) is 0.775. The first kappa shape index (κ1) is 19.5. The van der Waals surface area contributed by atoms with Crippen LogP contribution in [0.25, 0.3) is 0 Å². The van der Waals surface area contributed by atoms with Crippen LogP contribution in [0, 0.1) is 0 Å². The topological polar surface area (TPSA) is 57.6 Å². The van der Waals surface area contributed by atoms with Crippen LogP contribution in [0.4, 0.5) is 0 Å². The maximum atomic E-state index is 13.1. The van der Waals surface area contributed by atoms with Crippen LogP contribution in [0.5, 0.6) is 0 Å². The zero-order valence-corrected chi connectivity index (χ0v) is 16.5. The van der Waals surface area contributed by atoms with Gasteiger partial charge in [0.25, 0.3) is 5.91 Å². The van der Waals surface area contributed by atoms with E-state index in [1.165, 1.54) is 0 Å². The number of carbonyl (C=O) groups is 2. The molecule has 5 heteroatoms. The molecule has 1 aliphatic heterocycles. The fourth-order valence-corrected chi connectivity index (χ4v) is 4.59. The summed E-state index contributed by atoms with van der Waals surface area (Å²) >= 11 is 1.68. The van der Waals surface area contributed by atoms with E-state index in [4.69, 9.17) is 0 Å². The number of carboxylic acids is 1. The monoisotopic (exact) mass is 383 g/mol. The van der Waals surface area contributed by atoms with Gasteiger partial charge in [0, 0.05) is 23.2 Å². The molecule has 0 radical (unpaired) electrons. The molecule has 2 aromatic carbocycles. The number of nitrogens with zero attached hydrogens (tertiary/aromatic N) is 1. The zero-order valence-electron chi connectivity index (χ0n) is 15.7. The lowest BCUT2D eigenvalue weighted by Crippen LogP contribution is -2.49. The lowest BCUT2D eigenvalue weighted by molar-refractivity contribution is -0.145. The summed E-state index contributed by atoms with van der Waals surface area (Å²) in [7, 11) is 0. The minimum Gasteiger partial charge on any atom is -0.481 e. The van der Waals surface area contributed by atoms with Gasteiger partial charge in [-0.3, -0.25) is 9.59 Å². The van der Waals surface area contributed by atoms with Crippen molar-refractivity contribution in [3.63, 3.8) is 0 Å². The lowest BCUT2D eigenvalue weighted by atomic mass is 9.73. The molecule has 0 atom stereocenters. The van der Waals surface area contributed by atoms with E-state index in [1.54, 1.807) is 16.7 Å². The predicted octanol–water partition coefficient (Wildman–Crippen LogP) is 4.45. The van der Waals surface area contributed by atoms with Gasteiger partial charge < -0.3 is 10.0 Å². The summed E-state index contributed by atoms with van der Waals surface area (Å²) in [5, 5.41) is 10.3. The molecule has 0 saturated carbocycles. The van der Waals surface area contributed by atoms with Gasteiger partial charge in [0.2, 0.25) is 0 Å². The molecule has 1 amide bonds. The molecule has 0 unspecified atom stereocenters. The SMILES string of the molecule is CC(C)Sc1ccccc1C(=O)N1CCC(C(=O)O)(c2ccccc2)CC1. The van der Waals surface area contributed by atoms with E-state index in [2.05, 4.69) is 13.8 Å². The van der Waals surface area contributed by atoms with E-state index in [0.717, 1.165) is 10.5 Å². The zero-order chi connectivity index (χ0) is 19.4. The van der Waals surface area contributed by atoms with Crippen molar-refractivity contribution in [1.82, 2.24) is 4.90 Å². The van der Waals surface area contributed by atoms with Gasteiger partial charge in [-0.2, -0.15) is 0 Å². The van der Waals surface area contributed by atoms with Gasteiger partial charge in [0.1, 0.15) is 0 Å². The lowest BCUT2D eigenvalue weighted by Gasteiger charge is -2.39. The van der Waals surface area contributed by atoms with Crippen LogP contribution in [0.15, 0.2) is 59.5 Å². The Hall–Kier alpha value is -2.27. The van der Waals surface area contributed by atoms with E-state index in [1.807, 2.05) is 54.6 Å². The van der Waals surface area contributed by atoms with E-state index in [-0.39, 0.29) is 5.91 Å². The van der Waals surface area contributed by atoms with Crippen molar-refractivity contribution >= 4 is 23.6 Å². The van der Waals surface area contributed by atoms with Gasteiger partial charge in [0.05, 0.1) is 11.0 Å². The molecule has 0 aromatic heterocycles. The first-order valence-electron chi connectivity index (χ1n) is 9.28. The molecule has 3 rings (SSSR count). The van der Waals surface area contributed by atoms with Crippen LogP contribution in [-0.4, -0.2) is 40.2 Å². The molecule has 1 fully saturated rings. The summed E-state index contributed by atoms with van der Waals surface area (Å²) < 4.78 is 0. The summed E-state index contributed by atoms with van der Waals surface area (Å²) in [6, 6.07) is 17.1. The number of likely N-dealkylation sites (tertiary alicyclic amines) is 1. The van der Waals surface area contributed by atoms with Crippen molar-refractivity contribution in [2.24, 2.45) is 0 Å². The highest BCUT2D eigenvalue weighted by molar-refractivity contribution is 8.00. The van der Waals surface area contributed by atoms with Crippen molar-refractivity contribution in [3.8, 4) is 0 Å². The standard InChI is InChI=1S/C22H25NO3S/c1-16(2)27-19-11-7-6-10-18(19)20(24)23-14-12-22(13-15-23,21(25)26)17-8-4-3-5-9-17/h3-11,16H,12-15H2,1-2H3,(H,25,26). The van der Waals surface area contributed by atoms with Gasteiger partial charge in [-0.1, -0.05) is 56.3 Å². The molecule has 0 spiro atoms. The Morgan fingerprint density at radius 3 is 2.19 bits per heavy atom. The van der Waals surface area contributed by atoms with Gasteiger partial charge in [-0.15, -0.1) is 11.8 Å². The van der Waals surface area contributed by atoms with Crippen molar-refractivity contribution in [2.45, 2.75) is 42.2 Å². The van der Waals surface area contributed by atoms with E-state index < -0.39 is 11.4 Å². The second kappa shape index (κ2) is 8.17. The van der Waals surface area contributed by atoms with Crippen LogP contribution in [0.2, 0.25) is 0 Å². The van der Waals surface area contributed by atoms with Crippen molar-refractivity contribution in [3.05, 3.63) is 65.7 Å². The largest absolute Gasteiger partial charge is 0.481 e. The number of thioether (sulfide) groups is 1. The first-order valence-corrected chi connectivity index (χ1v) is 10.2. The molecule has 1 N–H and O–H groups in total. The Kier molecular flexibility index (Phi) is 5.90. The van der Waals surface area contributed by atoms with E-state index in [0.29, 0.717) is 36.7 Å². The van der Waals surface area contributed by atoms with Crippen molar-refractivity contribution in [2.75, 3.05) is 13.1 Å². The molecule has 1 heterocycles. The number of carbonyl (C=O) groups excluding carboxylic acids is 1. The average molecular weight is 384 g/mol. The number of hydrogen-bond acceptors (Lipinski definition) is 3. The summed E-state index contributed by atoms with van der Waals surface area (Å²) in [6.07, 6.45) is 0.856. The van der Waals surface area contributed by atoms with Gasteiger partial charge in [-0.05, 0) is 30.5 Å². The summed E-state index contributed by atoms with van der Waals surface area (Å²) in [5.41, 5.74) is 0.614. The molecule has 142 valence electrons. The number of aliphatic carboxylic acids is 1. The first-order chi connectivity index (χ1) is 12.9. The van der Waals surface area contributed by atoms with Gasteiger partial charge >= 0.3 is 5.97 Å². The molecule has 4 nitrogen and oxygen atoms in total. The molecule has 1 saturated heterocycles. The Morgan fingerprint density at radius 2 is 1.59 bits per heavy atom. The highest BCUT2D eigenvalue weighted by atomic mass is 32.2. The average Bonchev–Trinajstić information content (AvgIpc) is 2.68. The number of hydrogen-bond donors (Lipinski definition) is 1. The van der Waals surface area contributed by atoms with E-state index in [9.17, 15) is 14.7 Å². The van der Waals surface area contributed by atoms with Crippen LogP contribution >= 0.6 is 11.8 Å². The van der Waals surface area contributed by atoms with Gasteiger partial charge in [0.15, 0.2) is 0 Å². The number of carboxylic acid groups (broad SMARTS) is 1. The third-order valence-corrected chi connectivity index (χ3v) is 6.20. The fourth-order valence-electron chi connectivity index (χ4n) is 3.65. The molecular weight excluding hydrogens is 358 g/mol. The Balaban J connectivity index is 1.79. The molecule has 2 aromatic rings. The van der Waals surface area contributed by atoms with Gasteiger partial charge in [-0.25, -0.2) is 0 Å². The van der Waals surface area contributed by atoms with Crippen LogP contribution < -0.4 is 0 Å². The third-order valence-electron chi connectivity index (χ3n) is 5.12. The molecule has 0 aliphatic carbocycles. The maximum absolute atomic E-state index is 13.1. The number of benzene rings is 2. The molecular formula is C22H25NO3S. The van der Waals surface area contributed by atoms with Crippen molar-refractivity contribution < 1.29 is 14.7 Å². The summed E-state index contributed by atoms with van der Waals surface area (Å²) in [6.45, 7) is 5.10. The minimum absolute atomic E-state index is 0.00852. The Labute approximate surface area is 164 Å². The van der Waals surface area contributed by atoms with Crippen LogP contribution in [0.3, 0.4) is 0 Å². The third kappa shape index (κ3) is 4.03. The number of piperidine rings is 1. The predicted molar refractivity (Wildman–Crippen MR) is 108 cm³/mol. The Morgan fingerprint density at radius 1 is 1.00 bits per heavy atom. The maximum Gasteiger partial charge on any atom is 0.314 e. The summed E-state index contributed by atoms with van der Waals surface area (Å²) in [5.74, 6) is -0.817. The summed E-state index contributed by atoms with van der Waals surface area (Å²) in [4.78, 5) is 28.0. The Bertz CT molecular complexity index is 811. The normalized spacial score (nSPS) is 16.3. The smallest absolute Gasteiger partial charge is 0.314 e. The molecule has 27 heavy (non-hydrogen) atoms. The van der Waals surface area contributed by atoms with Crippen LogP contribution in [0.1, 0.15) is 42.6 Å². The molecule has 0 bridgehead atoms.